The maximum Gasteiger partial charge on any atom is 0.138 e. The van der Waals surface area contributed by atoms with Crippen molar-refractivity contribution in [3.05, 3.63) is 34.5 Å². The molecule has 3 heteroatoms. The molecule has 0 fully saturated rings. The van der Waals surface area contributed by atoms with Crippen LogP contribution < -0.4 is 0 Å². The zero-order valence-corrected chi connectivity index (χ0v) is 9.51. The fourth-order valence-corrected chi connectivity index (χ4v) is 1.81. The second-order valence-electron chi connectivity index (χ2n) is 3.68. The van der Waals surface area contributed by atoms with Crippen LogP contribution in [0.15, 0.2) is 22.6 Å². The molecule has 2 nitrogen and oxygen atoms in total. The highest BCUT2D eigenvalue weighted by Crippen LogP contribution is 2.32. The fraction of sp³-hybridized carbons (Fsp3) is 0.333. The normalized spacial score (nSPS) is 13.3. The first-order valence-electron chi connectivity index (χ1n) is 5.00. The molecule has 0 aliphatic rings. The van der Waals surface area contributed by atoms with Crippen molar-refractivity contribution in [3.8, 4) is 0 Å². The first kappa shape index (κ1) is 10.5. The molecule has 1 heterocycles. The predicted octanol–water partition coefficient (Wildman–Crippen LogP) is 3.84. The zero-order valence-electron chi connectivity index (χ0n) is 8.75. The molecular weight excluding hydrogens is 212 g/mol. The van der Waals surface area contributed by atoms with Gasteiger partial charge in [0.2, 0.25) is 0 Å². The van der Waals surface area contributed by atoms with Crippen molar-refractivity contribution in [1.82, 2.24) is 0 Å². The molecule has 0 saturated carbocycles. The van der Waals surface area contributed by atoms with E-state index in [1.807, 2.05) is 32.0 Å². The van der Waals surface area contributed by atoms with Crippen LogP contribution in [0.5, 0.6) is 0 Å². The summed E-state index contributed by atoms with van der Waals surface area (Å²) in [4.78, 5) is 0. The lowest BCUT2D eigenvalue weighted by atomic mass is 10.1. The molecule has 1 aromatic heterocycles. The van der Waals surface area contributed by atoms with Gasteiger partial charge in [0.05, 0.1) is 5.02 Å². The van der Waals surface area contributed by atoms with Crippen LogP contribution in [0.4, 0.5) is 0 Å². The lowest BCUT2D eigenvalue weighted by Crippen LogP contribution is -1.91. The Morgan fingerprint density at radius 2 is 2.20 bits per heavy atom. The molecule has 15 heavy (non-hydrogen) atoms. The van der Waals surface area contributed by atoms with Crippen LogP contribution in [0.2, 0.25) is 5.02 Å². The minimum atomic E-state index is -0.548. The SMILES string of the molecule is CCC(O)c1cc2c(Cl)ccc(C)c2o1. The molecule has 0 radical (unpaired) electrons. The van der Waals surface area contributed by atoms with Crippen LogP contribution in [0.3, 0.4) is 0 Å². The van der Waals surface area contributed by atoms with Gasteiger partial charge in [0.1, 0.15) is 17.4 Å². The Morgan fingerprint density at radius 1 is 1.47 bits per heavy atom. The standard InChI is InChI=1S/C12H13ClO2/c1-3-10(14)11-6-8-9(13)5-4-7(2)12(8)15-11/h4-6,10,14H,3H2,1-2H3. The van der Waals surface area contributed by atoms with Crippen molar-refractivity contribution in [1.29, 1.82) is 0 Å². The number of halogens is 1. The number of hydrogen-bond acceptors (Lipinski definition) is 2. The number of rotatable bonds is 2. The lowest BCUT2D eigenvalue weighted by molar-refractivity contribution is 0.148. The molecule has 0 saturated heterocycles. The van der Waals surface area contributed by atoms with Crippen LogP contribution in [-0.2, 0) is 0 Å². The van der Waals surface area contributed by atoms with E-state index in [2.05, 4.69) is 0 Å². The third-order valence-electron chi connectivity index (χ3n) is 2.56. The Bertz CT molecular complexity index is 449. The van der Waals surface area contributed by atoms with E-state index >= 15 is 0 Å². The van der Waals surface area contributed by atoms with Gasteiger partial charge in [-0.15, -0.1) is 0 Å². The molecule has 0 spiro atoms. The van der Waals surface area contributed by atoms with Crippen molar-refractivity contribution in [2.24, 2.45) is 0 Å². The van der Waals surface area contributed by atoms with Crippen LogP contribution in [0.1, 0.15) is 30.8 Å². The smallest absolute Gasteiger partial charge is 0.138 e. The summed E-state index contributed by atoms with van der Waals surface area (Å²) in [5.41, 5.74) is 1.80. The third kappa shape index (κ3) is 1.75. The van der Waals surface area contributed by atoms with Crippen LogP contribution in [0, 0.1) is 6.92 Å². The van der Waals surface area contributed by atoms with Gasteiger partial charge in [-0.25, -0.2) is 0 Å². The summed E-state index contributed by atoms with van der Waals surface area (Å²) >= 11 is 6.05. The number of benzene rings is 1. The van der Waals surface area contributed by atoms with Gasteiger partial charge in [0, 0.05) is 5.39 Å². The average molecular weight is 225 g/mol. The van der Waals surface area contributed by atoms with E-state index in [1.165, 1.54) is 0 Å². The van der Waals surface area contributed by atoms with E-state index in [0.717, 1.165) is 16.5 Å². The molecule has 1 aromatic carbocycles. The van der Waals surface area contributed by atoms with E-state index < -0.39 is 6.10 Å². The molecule has 1 atom stereocenters. The monoisotopic (exact) mass is 224 g/mol. The summed E-state index contributed by atoms with van der Waals surface area (Å²) in [6, 6.07) is 5.58. The maximum atomic E-state index is 9.68. The van der Waals surface area contributed by atoms with Gasteiger partial charge < -0.3 is 9.52 Å². The van der Waals surface area contributed by atoms with E-state index in [1.54, 1.807) is 0 Å². The molecule has 2 aromatic rings. The summed E-state index contributed by atoms with van der Waals surface area (Å²) in [7, 11) is 0. The zero-order chi connectivity index (χ0) is 11.0. The second kappa shape index (κ2) is 3.87. The number of aliphatic hydroxyl groups is 1. The van der Waals surface area contributed by atoms with E-state index in [4.69, 9.17) is 16.0 Å². The number of aliphatic hydroxyl groups excluding tert-OH is 1. The molecule has 0 amide bonds. The average Bonchev–Trinajstić information content (AvgIpc) is 2.68. The maximum absolute atomic E-state index is 9.68. The topological polar surface area (TPSA) is 33.4 Å². The van der Waals surface area contributed by atoms with Crippen molar-refractivity contribution >= 4 is 22.6 Å². The summed E-state index contributed by atoms with van der Waals surface area (Å²) < 4.78 is 5.60. The Balaban J connectivity index is 2.64. The number of hydrogen-bond donors (Lipinski definition) is 1. The first-order chi connectivity index (χ1) is 7.13. The van der Waals surface area contributed by atoms with Gasteiger partial charge in [0.25, 0.3) is 0 Å². The third-order valence-corrected chi connectivity index (χ3v) is 2.89. The Kier molecular flexibility index (Phi) is 2.72. The predicted molar refractivity (Wildman–Crippen MR) is 61.2 cm³/mol. The van der Waals surface area contributed by atoms with Crippen LogP contribution >= 0.6 is 11.6 Å². The molecule has 1 unspecified atom stereocenters. The first-order valence-corrected chi connectivity index (χ1v) is 5.38. The Hall–Kier alpha value is -0.990. The minimum absolute atomic E-state index is 0.548. The summed E-state index contributed by atoms with van der Waals surface area (Å²) in [6.45, 7) is 3.87. The minimum Gasteiger partial charge on any atom is -0.458 e. The fourth-order valence-electron chi connectivity index (χ4n) is 1.61. The molecule has 0 aliphatic carbocycles. The Labute approximate surface area is 93.5 Å². The number of furan rings is 1. The summed E-state index contributed by atoms with van der Waals surface area (Å²) in [5, 5.41) is 11.2. The molecular formula is C12H13ClO2. The quantitative estimate of drug-likeness (QED) is 0.841. The highest BCUT2D eigenvalue weighted by atomic mass is 35.5. The van der Waals surface area contributed by atoms with Gasteiger partial charge in [-0.2, -0.15) is 0 Å². The van der Waals surface area contributed by atoms with Gasteiger partial charge in [0.15, 0.2) is 0 Å². The lowest BCUT2D eigenvalue weighted by Gasteiger charge is -2.01. The van der Waals surface area contributed by atoms with Crippen LogP contribution in [0.25, 0.3) is 11.0 Å². The summed E-state index contributed by atoms with van der Waals surface area (Å²) in [6.07, 6.45) is 0.0871. The van der Waals surface area contributed by atoms with E-state index in [0.29, 0.717) is 17.2 Å². The molecule has 80 valence electrons. The highest BCUT2D eigenvalue weighted by molar-refractivity contribution is 6.35. The van der Waals surface area contributed by atoms with Gasteiger partial charge in [-0.1, -0.05) is 24.6 Å². The molecule has 0 aliphatic heterocycles. The summed E-state index contributed by atoms with van der Waals surface area (Å²) in [5.74, 6) is 0.587. The number of aryl methyl sites for hydroxylation is 1. The number of fused-ring (bicyclic) bond motifs is 1. The largest absolute Gasteiger partial charge is 0.458 e. The van der Waals surface area contributed by atoms with E-state index in [-0.39, 0.29) is 0 Å². The van der Waals surface area contributed by atoms with Gasteiger partial charge in [-0.05, 0) is 31.0 Å². The molecule has 1 N–H and O–H groups in total. The second-order valence-corrected chi connectivity index (χ2v) is 4.09. The van der Waals surface area contributed by atoms with Crippen molar-refractivity contribution in [2.75, 3.05) is 0 Å². The van der Waals surface area contributed by atoms with E-state index in [9.17, 15) is 5.11 Å². The highest BCUT2D eigenvalue weighted by Gasteiger charge is 2.14. The van der Waals surface area contributed by atoms with Gasteiger partial charge in [-0.3, -0.25) is 0 Å². The molecule has 2 rings (SSSR count). The van der Waals surface area contributed by atoms with Gasteiger partial charge >= 0.3 is 0 Å². The molecule has 0 bridgehead atoms. The van der Waals surface area contributed by atoms with Crippen LogP contribution in [-0.4, -0.2) is 5.11 Å². The Morgan fingerprint density at radius 3 is 2.80 bits per heavy atom. The van der Waals surface area contributed by atoms with Crippen molar-refractivity contribution in [2.45, 2.75) is 26.4 Å². The van der Waals surface area contributed by atoms with Crippen molar-refractivity contribution < 1.29 is 9.52 Å². The van der Waals surface area contributed by atoms with Crippen molar-refractivity contribution in [3.63, 3.8) is 0 Å².